The third-order valence-corrected chi connectivity index (χ3v) is 8.35. The Morgan fingerprint density at radius 3 is 2.44 bits per heavy atom. The molecular formula is C30H32N4OS. The number of nitrogens with zero attached hydrogens (tertiary/aromatic N) is 4. The molecule has 0 bridgehead atoms. The minimum absolute atomic E-state index is 0.0706. The van der Waals surface area contributed by atoms with Gasteiger partial charge in [-0.15, -0.1) is 16.4 Å². The average Bonchev–Trinajstić information content (AvgIpc) is 3.52. The first kappa shape index (κ1) is 23.3. The van der Waals surface area contributed by atoms with Gasteiger partial charge in [-0.05, 0) is 34.7 Å². The fraction of sp³-hybridized carbons (Fsp3) is 0.333. The molecular weight excluding hydrogens is 464 g/mol. The lowest BCUT2D eigenvalue weighted by molar-refractivity contribution is 0.0330. The summed E-state index contributed by atoms with van der Waals surface area (Å²) < 4.78 is 10.3. The number of benzene rings is 3. The molecule has 3 heterocycles. The second kappa shape index (κ2) is 9.43. The van der Waals surface area contributed by atoms with Crippen molar-refractivity contribution < 1.29 is 4.74 Å². The molecule has 3 aromatic carbocycles. The van der Waals surface area contributed by atoms with Crippen LogP contribution in [0.1, 0.15) is 37.9 Å². The quantitative estimate of drug-likeness (QED) is 0.277. The standard InChI is InChI=1S/C30H32N4OS/c1-30(2,3)23-11-8-21(9-12-23)26-19-34(32-31-26)27(20-33-14-16-35-17-15-33)22-10-13-29-25(18-22)24-6-4-5-7-28(24)36-29/h4-13,18-19,27H,14-17,20H2,1-3H3. The molecule has 1 saturated heterocycles. The van der Waals surface area contributed by atoms with Crippen molar-refractivity contribution in [3.8, 4) is 11.3 Å². The van der Waals surface area contributed by atoms with E-state index in [1.165, 1.54) is 31.3 Å². The second-order valence-corrected chi connectivity index (χ2v) is 11.8. The lowest BCUT2D eigenvalue weighted by Gasteiger charge is -2.30. The van der Waals surface area contributed by atoms with Crippen LogP contribution in [0, 0.1) is 0 Å². The van der Waals surface area contributed by atoms with Crippen LogP contribution in [-0.4, -0.2) is 52.7 Å². The van der Waals surface area contributed by atoms with Gasteiger partial charge in [-0.1, -0.05) is 74.5 Å². The highest BCUT2D eigenvalue weighted by molar-refractivity contribution is 7.25. The topological polar surface area (TPSA) is 43.2 Å². The number of fused-ring (bicyclic) bond motifs is 3. The fourth-order valence-corrected chi connectivity index (χ4v) is 6.11. The predicted molar refractivity (Wildman–Crippen MR) is 149 cm³/mol. The maximum atomic E-state index is 5.61. The molecule has 1 aliphatic heterocycles. The molecule has 1 fully saturated rings. The van der Waals surface area contributed by atoms with Crippen LogP contribution < -0.4 is 0 Å². The first-order chi connectivity index (χ1) is 17.5. The molecule has 0 aliphatic carbocycles. The van der Waals surface area contributed by atoms with Gasteiger partial charge in [-0.3, -0.25) is 4.90 Å². The molecule has 184 valence electrons. The zero-order valence-electron chi connectivity index (χ0n) is 21.1. The number of hydrogen-bond donors (Lipinski definition) is 0. The maximum Gasteiger partial charge on any atom is 0.113 e. The molecule has 0 N–H and O–H groups in total. The Hall–Kier alpha value is -3.06. The van der Waals surface area contributed by atoms with E-state index in [1.54, 1.807) is 0 Å². The van der Waals surface area contributed by atoms with Crippen molar-refractivity contribution in [2.45, 2.75) is 32.2 Å². The lowest BCUT2D eigenvalue weighted by atomic mass is 9.86. The summed E-state index contributed by atoms with van der Waals surface area (Å²) in [7, 11) is 0. The van der Waals surface area contributed by atoms with Gasteiger partial charge in [-0.2, -0.15) is 0 Å². The molecule has 5 aromatic rings. The van der Waals surface area contributed by atoms with Gasteiger partial charge < -0.3 is 4.74 Å². The van der Waals surface area contributed by atoms with E-state index in [0.29, 0.717) is 0 Å². The third-order valence-electron chi connectivity index (χ3n) is 7.20. The lowest BCUT2D eigenvalue weighted by Crippen LogP contribution is -2.40. The molecule has 2 aromatic heterocycles. The molecule has 1 atom stereocenters. The Labute approximate surface area is 216 Å². The van der Waals surface area contributed by atoms with Gasteiger partial charge >= 0.3 is 0 Å². The van der Waals surface area contributed by atoms with Crippen molar-refractivity contribution >= 4 is 31.5 Å². The monoisotopic (exact) mass is 496 g/mol. The van der Waals surface area contributed by atoms with Crippen molar-refractivity contribution in [2.24, 2.45) is 0 Å². The Morgan fingerprint density at radius 1 is 0.917 bits per heavy atom. The smallest absolute Gasteiger partial charge is 0.113 e. The average molecular weight is 497 g/mol. The van der Waals surface area contributed by atoms with E-state index < -0.39 is 0 Å². The van der Waals surface area contributed by atoms with Crippen molar-refractivity contribution in [3.05, 3.63) is 84.1 Å². The first-order valence-electron chi connectivity index (χ1n) is 12.7. The van der Waals surface area contributed by atoms with E-state index >= 15 is 0 Å². The number of hydrogen-bond acceptors (Lipinski definition) is 5. The van der Waals surface area contributed by atoms with Crippen molar-refractivity contribution in [1.82, 2.24) is 19.9 Å². The molecule has 0 saturated carbocycles. The molecule has 1 unspecified atom stereocenters. The molecule has 6 rings (SSSR count). The minimum Gasteiger partial charge on any atom is -0.379 e. The normalized spacial score (nSPS) is 16.1. The SMILES string of the molecule is CC(C)(C)c1ccc(-c2cn(C(CN3CCOCC3)c3ccc4sc5ccccc5c4c3)nn2)cc1. The summed E-state index contributed by atoms with van der Waals surface area (Å²) in [5.74, 6) is 0. The second-order valence-electron chi connectivity index (χ2n) is 10.7. The van der Waals surface area contributed by atoms with Crippen LogP contribution in [0.3, 0.4) is 0 Å². The summed E-state index contributed by atoms with van der Waals surface area (Å²) in [5, 5.41) is 11.9. The molecule has 6 heteroatoms. The van der Waals surface area contributed by atoms with Crippen LogP contribution in [0.15, 0.2) is 72.9 Å². The highest BCUT2D eigenvalue weighted by Gasteiger charge is 2.23. The maximum absolute atomic E-state index is 5.61. The van der Waals surface area contributed by atoms with E-state index in [2.05, 4.69) is 114 Å². The van der Waals surface area contributed by atoms with Crippen LogP contribution in [0.5, 0.6) is 0 Å². The first-order valence-corrected chi connectivity index (χ1v) is 13.5. The number of thiophene rings is 1. The molecule has 0 spiro atoms. The zero-order valence-corrected chi connectivity index (χ0v) is 22.0. The molecule has 0 amide bonds. The Kier molecular flexibility index (Phi) is 6.12. The van der Waals surface area contributed by atoms with Gasteiger partial charge in [0.1, 0.15) is 5.69 Å². The van der Waals surface area contributed by atoms with E-state index in [0.717, 1.165) is 44.1 Å². The summed E-state index contributed by atoms with van der Waals surface area (Å²) in [6.45, 7) is 11.0. The van der Waals surface area contributed by atoms with E-state index in [1.807, 2.05) is 11.3 Å². The van der Waals surface area contributed by atoms with Crippen LogP contribution in [0.4, 0.5) is 0 Å². The van der Waals surface area contributed by atoms with E-state index in [9.17, 15) is 0 Å². The summed E-state index contributed by atoms with van der Waals surface area (Å²) >= 11 is 1.86. The molecule has 36 heavy (non-hydrogen) atoms. The molecule has 0 radical (unpaired) electrons. The van der Waals surface area contributed by atoms with Gasteiger partial charge in [0, 0.05) is 45.4 Å². The summed E-state index contributed by atoms with van der Waals surface area (Å²) in [6.07, 6.45) is 2.10. The van der Waals surface area contributed by atoms with Gasteiger partial charge in [0.25, 0.3) is 0 Å². The summed E-state index contributed by atoms with van der Waals surface area (Å²) in [5.41, 5.74) is 4.71. The highest BCUT2D eigenvalue weighted by atomic mass is 32.1. The Bertz CT molecular complexity index is 1490. The van der Waals surface area contributed by atoms with Crippen LogP contribution in [-0.2, 0) is 10.2 Å². The van der Waals surface area contributed by atoms with Gasteiger partial charge in [0.05, 0.1) is 25.5 Å². The van der Waals surface area contributed by atoms with Crippen LogP contribution >= 0.6 is 11.3 Å². The van der Waals surface area contributed by atoms with E-state index in [4.69, 9.17) is 4.74 Å². The predicted octanol–water partition coefficient (Wildman–Crippen LogP) is 6.53. The summed E-state index contributed by atoms with van der Waals surface area (Å²) in [4.78, 5) is 2.48. The van der Waals surface area contributed by atoms with Crippen molar-refractivity contribution in [2.75, 3.05) is 32.8 Å². The van der Waals surface area contributed by atoms with Crippen molar-refractivity contribution in [3.63, 3.8) is 0 Å². The number of ether oxygens (including phenoxy) is 1. The zero-order chi connectivity index (χ0) is 24.7. The van der Waals surface area contributed by atoms with Crippen LogP contribution in [0.25, 0.3) is 31.4 Å². The van der Waals surface area contributed by atoms with Gasteiger partial charge in [0.15, 0.2) is 0 Å². The van der Waals surface area contributed by atoms with E-state index in [-0.39, 0.29) is 11.5 Å². The Morgan fingerprint density at radius 2 is 1.67 bits per heavy atom. The number of aromatic nitrogens is 3. The summed E-state index contributed by atoms with van der Waals surface area (Å²) in [6, 6.07) is 24.4. The Balaban J connectivity index is 1.38. The largest absolute Gasteiger partial charge is 0.379 e. The molecule has 1 aliphatic rings. The number of rotatable bonds is 5. The number of morpholine rings is 1. The highest BCUT2D eigenvalue weighted by Crippen LogP contribution is 2.36. The van der Waals surface area contributed by atoms with Gasteiger partial charge in [0.2, 0.25) is 0 Å². The molecule has 5 nitrogen and oxygen atoms in total. The van der Waals surface area contributed by atoms with Crippen LogP contribution in [0.2, 0.25) is 0 Å². The third kappa shape index (κ3) is 4.57. The van der Waals surface area contributed by atoms with Gasteiger partial charge in [-0.25, -0.2) is 4.68 Å². The van der Waals surface area contributed by atoms with Crippen molar-refractivity contribution in [1.29, 1.82) is 0 Å². The minimum atomic E-state index is 0.0706. The fourth-order valence-electron chi connectivity index (χ4n) is 5.02.